The van der Waals surface area contributed by atoms with Crippen molar-refractivity contribution < 1.29 is 32.0 Å². The Labute approximate surface area is 174 Å². The van der Waals surface area contributed by atoms with Gasteiger partial charge in [0.05, 0.1) is 38.0 Å². The van der Waals surface area contributed by atoms with Crippen LogP contribution in [0.2, 0.25) is 0 Å². The van der Waals surface area contributed by atoms with E-state index in [2.05, 4.69) is 5.10 Å². The lowest BCUT2D eigenvalue weighted by molar-refractivity contribution is -0.463. The van der Waals surface area contributed by atoms with Crippen molar-refractivity contribution in [1.82, 2.24) is 0 Å². The number of hydrogen-bond donors (Lipinski definition) is 3. The number of nitrogens with zero attached hydrogens (tertiary/aromatic N) is 2. The fourth-order valence-corrected chi connectivity index (χ4v) is 2.53. The summed E-state index contributed by atoms with van der Waals surface area (Å²) in [5, 5.41) is 14.7. The molecule has 0 spiro atoms. The van der Waals surface area contributed by atoms with E-state index in [-0.39, 0.29) is 9.74 Å². The van der Waals surface area contributed by atoms with Crippen molar-refractivity contribution in [3.05, 3.63) is 52.7 Å². The number of benzene rings is 2. The van der Waals surface area contributed by atoms with Gasteiger partial charge in [-0.25, -0.2) is 0 Å². The first-order valence-corrected chi connectivity index (χ1v) is 9.70. The first-order chi connectivity index (χ1) is 14.0. The topological polar surface area (TPSA) is 173 Å². The van der Waals surface area contributed by atoms with Crippen LogP contribution in [0, 0.1) is 12.1 Å². The fourth-order valence-electron chi connectivity index (χ4n) is 2.05. The second kappa shape index (κ2) is 10.9. The molecule has 12 heteroatoms. The molecule has 30 heavy (non-hydrogen) atoms. The average Bonchev–Trinajstić information content (AvgIpc) is 2.71. The normalized spacial score (nSPS) is 10.7. The van der Waals surface area contributed by atoms with Crippen LogP contribution in [-0.2, 0) is 10.1 Å². The van der Waals surface area contributed by atoms with Crippen molar-refractivity contribution in [3.8, 4) is 17.2 Å². The monoisotopic (exact) mass is 440 g/mol. The molecule has 0 aliphatic heterocycles. The van der Waals surface area contributed by atoms with Crippen LogP contribution < -0.4 is 25.7 Å². The van der Waals surface area contributed by atoms with Gasteiger partial charge in [0.1, 0.15) is 17.2 Å². The van der Waals surface area contributed by atoms with Gasteiger partial charge in [-0.3, -0.25) is 16.0 Å². The number of ether oxygens (including phenoxy) is 3. The molecule has 0 aliphatic carbocycles. The smallest absolute Gasteiger partial charge is 0.366 e. The minimum atomic E-state index is -4.02. The zero-order valence-electron chi connectivity index (χ0n) is 16.9. The third kappa shape index (κ3) is 7.14. The Morgan fingerprint density at radius 2 is 1.57 bits per heavy atom. The van der Waals surface area contributed by atoms with Crippen LogP contribution >= 0.6 is 0 Å². The van der Waals surface area contributed by atoms with Crippen molar-refractivity contribution >= 4 is 22.3 Å². The molecule has 0 bridgehead atoms. The summed E-state index contributed by atoms with van der Waals surface area (Å²) < 4.78 is 45.0. The summed E-state index contributed by atoms with van der Waals surface area (Å²) >= 11 is 0. The van der Waals surface area contributed by atoms with Crippen LogP contribution in [0.15, 0.2) is 46.4 Å². The van der Waals surface area contributed by atoms with Crippen LogP contribution in [0.1, 0.15) is 11.1 Å². The standard InChI is InChI=1S/C11H16N4O4.C7H8O3S/c1-17-7-4-9(18-2)8(10(5-7)19-3)6-14-15(16)11(12)13;1-6-2-4-7(5-3-6)11(8,9)10/h4-6H,12-13H2,1-3H3;2-5H,1H3,(H,8,9,10)/b14-6+;. The molecule has 0 aliphatic rings. The highest BCUT2D eigenvalue weighted by Crippen LogP contribution is 2.32. The van der Waals surface area contributed by atoms with E-state index in [9.17, 15) is 13.6 Å². The molecular formula is C18H24N4O7S. The van der Waals surface area contributed by atoms with Gasteiger partial charge in [-0.2, -0.15) is 8.42 Å². The largest absolute Gasteiger partial charge is 0.722 e. The lowest BCUT2D eigenvalue weighted by Gasteiger charge is -2.12. The molecule has 5 N–H and O–H groups in total. The molecule has 0 aromatic heterocycles. The first-order valence-electron chi connectivity index (χ1n) is 8.26. The quantitative estimate of drug-likeness (QED) is 0.148. The van der Waals surface area contributed by atoms with Crippen molar-refractivity contribution in [1.29, 1.82) is 0 Å². The van der Waals surface area contributed by atoms with Crippen molar-refractivity contribution in [3.63, 3.8) is 0 Å². The average molecular weight is 440 g/mol. The Morgan fingerprint density at radius 1 is 1.07 bits per heavy atom. The fraction of sp³-hybridized carbons (Fsp3) is 0.222. The van der Waals surface area contributed by atoms with E-state index in [0.717, 1.165) is 5.56 Å². The zero-order chi connectivity index (χ0) is 22.9. The summed E-state index contributed by atoms with van der Waals surface area (Å²) in [6, 6.07) is 9.25. The zero-order valence-corrected chi connectivity index (χ0v) is 17.7. The van der Waals surface area contributed by atoms with Crippen LogP contribution in [0.25, 0.3) is 0 Å². The molecule has 11 nitrogen and oxygen atoms in total. The van der Waals surface area contributed by atoms with Crippen LogP contribution in [-0.4, -0.2) is 51.3 Å². The molecule has 164 valence electrons. The van der Waals surface area contributed by atoms with Crippen molar-refractivity contribution in [2.75, 3.05) is 21.3 Å². The molecule has 2 rings (SSSR count). The van der Waals surface area contributed by atoms with Crippen LogP contribution in [0.4, 0.5) is 0 Å². The SMILES string of the molecule is COc1cc(OC)c(/C=N/[N+]([O-])=C(N)N)c(OC)c1.Cc1ccc(S(=O)(=O)O)cc1. The highest BCUT2D eigenvalue weighted by Gasteiger charge is 2.11. The Bertz CT molecular complexity index is 990. The molecule has 2 aromatic rings. The van der Waals surface area contributed by atoms with E-state index in [1.807, 2.05) is 6.92 Å². The van der Waals surface area contributed by atoms with Gasteiger partial charge in [0.2, 0.25) is 0 Å². The summed E-state index contributed by atoms with van der Waals surface area (Å²) in [5.74, 6) is 0.949. The highest BCUT2D eigenvalue weighted by atomic mass is 32.2. The van der Waals surface area contributed by atoms with E-state index in [1.54, 1.807) is 24.3 Å². The van der Waals surface area contributed by atoms with Gasteiger partial charge in [0.15, 0.2) is 0 Å². The molecule has 0 atom stereocenters. The summed E-state index contributed by atoms with van der Waals surface area (Å²) in [7, 11) is 0.452. The minimum Gasteiger partial charge on any atom is -0.722 e. The van der Waals surface area contributed by atoms with Gasteiger partial charge < -0.3 is 19.4 Å². The maximum atomic E-state index is 11.2. The number of rotatable bonds is 6. The maximum Gasteiger partial charge on any atom is 0.366 e. The van der Waals surface area contributed by atoms with Gasteiger partial charge >= 0.3 is 5.96 Å². The van der Waals surface area contributed by atoms with Crippen molar-refractivity contribution in [2.45, 2.75) is 11.8 Å². The summed E-state index contributed by atoms with van der Waals surface area (Å²) in [6.45, 7) is 1.84. The first kappa shape index (κ1) is 24.5. The van der Waals surface area contributed by atoms with E-state index in [4.69, 9.17) is 30.2 Å². The molecule has 0 saturated carbocycles. The van der Waals surface area contributed by atoms with Crippen LogP contribution in [0.3, 0.4) is 0 Å². The number of methoxy groups -OCH3 is 3. The van der Waals surface area contributed by atoms with E-state index in [1.165, 1.54) is 39.7 Å². The number of hydrogen-bond acceptors (Lipinski definition) is 7. The van der Waals surface area contributed by atoms with Gasteiger partial charge in [0, 0.05) is 12.1 Å². The minimum absolute atomic E-state index is 0.0666. The molecule has 0 unspecified atom stereocenters. The van der Waals surface area contributed by atoms with Gasteiger partial charge in [-0.05, 0) is 19.1 Å². The van der Waals surface area contributed by atoms with E-state index < -0.39 is 16.1 Å². The molecule has 2 aromatic carbocycles. The molecule has 0 fully saturated rings. The Balaban J connectivity index is 0.000000346. The third-order valence-electron chi connectivity index (χ3n) is 3.58. The lowest BCUT2D eigenvalue weighted by Crippen LogP contribution is -2.30. The molecule has 0 saturated heterocycles. The number of nitrogens with two attached hydrogens (primary N) is 2. The lowest BCUT2D eigenvalue weighted by atomic mass is 10.2. The van der Waals surface area contributed by atoms with E-state index >= 15 is 0 Å². The molecule has 0 amide bonds. The predicted octanol–water partition coefficient (Wildman–Crippen LogP) is 1.07. The third-order valence-corrected chi connectivity index (χ3v) is 4.45. The Kier molecular flexibility index (Phi) is 8.89. The summed E-state index contributed by atoms with van der Waals surface area (Å²) in [5.41, 5.74) is 11.6. The highest BCUT2D eigenvalue weighted by molar-refractivity contribution is 7.85. The molecule has 0 heterocycles. The van der Waals surface area contributed by atoms with Crippen molar-refractivity contribution in [2.24, 2.45) is 16.6 Å². The number of hydrazone groups is 1. The number of aryl methyl sites for hydroxylation is 1. The summed E-state index contributed by atoms with van der Waals surface area (Å²) in [4.78, 5) is 0.0198. The van der Waals surface area contributed by atoms with E-state index in [0.29, 0.717) is 22.8 Å². The maximum absolute atomic E-state index is 11.2. The second-order valence-corrected chi connectivity index (χ2v) is 7.10. The van der Waals surface area contributed by atoms with Gasteiger partial charge in [0.25, 0.3) is 10.1 Å². The second-order valence-electron chi connectivity index (χ2n) is 5.68. The Morgan fingerprint density at radius 3 is 1.93 bits per heavy atom. The van der Waals surface area contributed by atoms with Gasteiger partial charge in [-0.1, -0.05) is 17.7 Å². The van der Waals surface area contributed by atoms with Gasteiger partial charge in [-0.15, -0.1) is 9.95 Å². The predicted molar refractivity (Wildman–Crippen MR) is 112 cm³/mol. The number of guanidine groups is 1. The molecule has 0 radical (unpaired) electrons. The Hall–Kier alpha value is -3.51. The molecular weight excluding hydrogens is 416 g/mol. The summed E-state index contributed by atoms with van der Waals surface area (Å²) in [6.07, 6.45) is 1.24. The van der Waals surface area contributed by atoms with Crippen LogP contribution in [0.5, 0.6) is 17.2 Å².